The van der Waals surface area contributed by atoms with E-state index in [2.05, 4.69) is 25.0 Å². The van der Waals surface area contributed by atoms with Gasteiger partial charge in [-0.1, -0.05) is 0 Å². The normalized spacial score (nSPS) is 9.67. The number of primary amides is 1. The summed E-state index contributed by atoms with van der Waals surface area (Å²) >= 11 is 0. The van der Waals surface area contributed by atoms with Crippen molar-refractivity contribution in [3.63, 3.8) is 0 Å². The largest absolute Gasteiger partial charge is 0.447 e. The van der Waals surface area contributed by atoms with Crippen LogP contribution in [0.5, 0.6) is 5.88 Å². The Morgan fingerprint density at radius 2 is 2.27 bits per heavy atom. The number of nitrogens with one attached hydrogen (secondary N) is 1. The Hall–Kier alpha value is -2.16. The van der Waals surface area contributed by atoms with Gasteiger partial charge >= 0.3 is 0 Å². The van der Waals surface area contributed by atoms with Crippen molar-refractivity contribution in [1.29, 1.82) is 0 Å². The standard InChI is InChI=1S/C6H8N4O5/c7-3(12)1-8-5(13)4-6(14-2-11)10-15-9-4/h11H,1-2H2,(H2,7,12)(H,8,13). The molecule has 0 spiro atoms. The molecule has 0 aliphatic heterocycles. The predicted molar refractivity (Wildman–Crippen MR) is 43.5 cm³/mol. The van der Waals surface area contributed by atoms with Crippen LogP contribution in [0.25, 0.3) is 0 Å². The molecule has 1 aromatic heterocycles. The number of carbonyl (C=O) groups excluding carboxylic acids is 2. The molecule has 0 aliphatic rings. The second-order valence-electron chi connectivity index (χ2n) is 2.34. The van der Waals surface area contributed by atoms with E-state index in [1.54, 1.807) is 0 Å². The van der Waals surface area contributed by atoms with Crippen LogP contribution in [0.4, 0.5) is 0 Å². The molecule has 0 fully saturated rings. The highest BCUT2D eigenvalue weighted by atomic mass is 16.6. The zero-order chi connectivity index (χ0) is 11.3. The summed E-state index contributed by atoms with van der Waals surface area (Å²) in [4.78, 5) is 21.6. The zero-order valence-corrected chi connectivity index (χ0v) is 7.47. The molecular formula is C6H8N4O5. The molecule has 0 saturated heterocycles. The van der Waals surface area contributed by atoms with E-state index in [-0.39, 0.29) is 18.1 Å². The summed E-state index contributed by atoms with van der Waals surface area (Å²) in [5, 5.41) is 17.0. The second kappa shape index (κ2) is 4.91. The summed E-state index contributed by atoms with van der Waals surface area (Å²) in [6.45, 7) is -1.02. The zero-order valence-electron chi connectivity index (χ0n) is 7.47. The van der Waals surface area contributed by atoms with Gasteiger partial charge in [-0.05, 0) is 10.3 Å². The topological polar surface area (TPSA) is 141 Å². The van der Waals surface area contributed by atoms with Crippen LogP contribution in [0.15, 0.2) is 4.63 Å². The third kappa shape index (κ3) is 2.91. The van der Waals surface area contributed by atoms with Gasteiger partial charge in [0.25, 0.3) is 11.8 Å². The van der Waals surface area contributed by atoms with Gasteiger partial charge in [0.05, 0.1) is 6.54 Å². The lowest BCUT2D eigenvalue weighted by atomic mass is 10.4. The first kappa shape index (κ1) is 10.9. The molecule has 1 heterocycles. The first-order chi connectivity index (χ1) is 7.15. The minimum absolute atomic E-state index is 0.264. The first-order valence-electron chi connectivity index (χ1n) is 3.78. The van der Waals surface area contributed by atoms with Gasteiger partial charge in [0, 0.05) is 0 Å². The number of ether oxygens (including phenoxy) is 1. The van der Waals surface area contributed by atoms with Crippen LogP contribution < -0.4 is 15.8 Å². The van der Waals surface area contributed by atoms with E-state index in [0.717, 1.165) is 0 Å². The lowest BCUT2D eigenvalue weighted by molar-refractivity contribution is -0.117. The third-order valence-corrected chi connectivity index (χ3v) is 1.30. The van der Waals surface area contributed by atoms with Crippen LogP contribution in [0, 0.1) is 0 Å². The number of aliphatic hydroxyl groups is 1. The Balaban J connectivity index is 2.64. The number of amides is 2. The van der Waals surface area contributed by atoms with Crippen molar-refractivity contribution < 1.29 is 24.1 Å². The molecule has 1 rings (SSSR count). The average molecular weight is 216 g/mol. The number of nitrogens with two attached hydrogens (primary N) is 1. The van der Waals surface area contributed by atoms with E-state index in [1.807, 2.05) is 0 Å². The van der Waals surface area contributed by atoms with Crippen LogP contribution in [0.2, 0.25) is 0 Å². The molecule has 0 aromatic carbocycles. The summed E-state index contributed by atoms with van der Waals surface area (Å²) in [5.74, 6) is -1.71. The predicted octanol–water partition coefficient (Wildman–Crippen LogP) is -2.39. The Kier molecular flexibility index (Phi) is 3.57. The van der Waals surface area contributed by atoms with Gasteiger partial charge < -0.3 is 20.9 Å². The lowest BCUT2D eigenvalue weighted by Crippen LogP contribution is -2.33. The van der Waals surface area contributed by atoms with E-state index in [9.17, 15) is 9.59 Å². The summed E-state index contributed by atoms with van der Waals surface area (Å²) in [7, 11) is 0. The van der Waals surface area contributed by atoms with Crippen molar-refractivity contribution in [3.05, 3.63) is 5.69 Å². The van der Waals surface area contributed by atoms with Crippen LogP contribution in [0.1, 0.15) is 10.5 Å². The van der Waals surface area contributed by atoms with E-state index >= 15 is 0 Å². The summed E-state index contributed by atoms with van der Waals surface area (Å²) in [6.07, 6.45) is 0. The maximum atomic E-state index is 11.3. The van der Waals surface area contributed by atoms with Crippen LogP contribution in [-0.2, 0) is 4.79 Å². The van der Waals surface area contributed by atoms with Gasteiger partial charge in [-0.15, -0.1) is 0 Å². The molecule has 0 atom stereocenters. The quantitative estimate of drug-likeness (QED) is 0.466. The first-order valence-corrected chi connectivity index (χ1v) is 3.78. The number of hydrogen-bond donors (Lipinski definition) is 3. The lowest BCUT2D eigenvalue weighted by Gasteiger charge is -2.00. The fourth-order valence-corrected chi connectivity index (χ4v) is 0.726. The smallest absolute Gasteiger partial charge is 0.291 e. The van der Waals surface area contributed by atoms with Gasteiger partial charge in [0.1, 0.15) is 0 Å². The van der Waals surface area contributed by atoms with Gasteiger partial charge in [-0.3, -0.25) is 9.59 Å². The molecule has 0 aliphatic carbocycles. The Morgan fingerprint density at radius 3 is 2.87 bits per heavy atom. The molecule has 4 N–H and O–H groups in total. The Bertz CT molecular complexity index is 362. The number of nitrogens with zero attached hydrogens (tertiary/aromatic N) is 2. The molecule has 0 saturated carbocycles. The highest BCUT2D eigenvalue weighted by molar-refractivity contribution is 5.96. The minimum Gasteiger partial charge on any atom is -0.447 e. The molecule has 15 heavy (non-hydrogen) atoms. The van der Waals surface area contributed by atoms with E-state index < -0.39 is 18.6 Å². The highest BCUT2D eigenvalue weighted by Gasteiger charge is 2.19. The molecule has 1 aromatic rings. The number of carbonyl (C=O) groups is 2. The Morgan fingerprint density at radius 1 is 1.53 bits per heavy atom. The number of aliphatic hydroxyl groups excluding tert-OH is 1. The van der Waals surface area contributed by atoms with E-state index in [4.69, 9.17) is 10.8 Å². The van der Waals surface area contributed by atoms with Gasteiger partial charge in [0.15, 0.2) is 6.79 Å². The monoisotopic (exact) mass is 216 g/mol. The molecular weight excluding hydrogens is 208 g/mol. The van der Waals surface area contributed by atoms with Crippen molar-refractivity contribution in [3.8, 4) is 5.88 Å². The van der Waals surface area contributed by atoms with Crippen LogP contribution >= 0.6 is 0 Å². The Labute approximate surface area is 83.1 Å². The average Bonchev–Trinajstić information content (AvgIpc) is 2.63. The SMILES string of the molecule is NC(=O)CNC(=O)c1nonc1OCO. The number of hydrogen-bond acceptors (Lipinski definition) is 7. The number of aromatic nitrogens is 2. The van der Waals surface area contributed by atoms with Gasteiger partial charge in [-0.2, -0.15) is 0 Å². The van der Waals surface area contributed by atoms with Crippen LogP contribution in [0.3, 0.4) is 0 Å². The van der Waals surface area contributed by atoms with Crippen molar-refractivity contribution in [1.82, 2.24) is 15.6 Å². The fourth-order valence-electron chi connectivity index (χ4n) is 0.726. The number of rotatable bonds is 5. The molecule has 0 radical (unpaired) electrons. The van der Waals surface area contributed by atoms with Crippen molar-refractivity contribution >= 4 is 11.8 Å². The van der Waals surface area contributed by atoms with E-state index in [1.165, 1.54) is 0 Å². The minimum atomic E-state index is -0.737. The molecule has 9 heteroatoms. The summed E-state index contributed by atoms with van der Waals surface area (Å²) < 4.78 is 8.73. The third-order valence-electron chi connectivity index (χ3n) is 1.30. The summed E-state index contributed by atoms with van der Waals surface area (Å²) in [6, 6.07) is 0. The highest BCUT2D eigenvalue weighted by Crippen LogP contribution is 2.11. The fraction of sp³-hybridized carbons (Fsp3) is 0.333. The molecule has 82 valence electrons. The van der Waals surface area contributed by atoms with E-state index in [0.29, 0.717) is 0 Å². The second-order valence-corrected chi connectivity index (χ2v) is 2.34. The molecule has 0 unspecified atom stereocenters. The molecule has 9 nitrogen and oxygen atoms in total. The molecule has 0 bridgehead atoms. The van der Waals surface area contributed by atoms with Crippen LogP contribution in [-0.4, -0.2) is 40.6 Å². The van der Waals surface area contributed by atoms with Gasteiger partial charge in [0.2, 0.25) is 11.6 Å². The van der Waals surface area contributed by atoms with Gasteiger partial charge in [-0.25, -0.2) is 4.63 Å². The van der Waals surface area contributed by atoms with Crippen molar-refractivity contribution in [2.24, 2.45) is 5.73 Å². The maximum absolute atomic E-state index is 11.3. The van der Waals surface area contributed by atoms with Crippen molar-refractivity contribution in [2.45, 2.75) is 0 Å². The summed E-state index contributed by atoms with van der Waals surface area (Å²) in [5.41, 5.74) is 4.53. The van der Waals surface area contributed by atoms with Crippen molar-refractivity contribution in [2.75, 3.05) is 13.3 Å². The molecule has 2 amide bonds. The maximum Gasteiger partial charge on any atom is 0.291 e.